The van der Waals surface area contributed by atoms with Crippen molar-refractivity contribution in [2.45, 2.75) is 33.3 Å². The molecule has 0 fully saturated rings. The van der Waals surface area contributed by atoms with Crippen molar-refractivity contribution in [3.8, 4) is 0 Å². The zero-order chi connectivity index (χ0) is 9.30. The van der Waals surface area contributed by atoms with Crippen LogP contribution >= 0.6 is 0 Å². The van der Waals surface area contributed by atoms with E-state index in [-0.39, 0.29) is 5.78 Å². The molecular formula is C10H14O2. The molecule has 0 heterocycles. The topological polar surface area (TPSA) is 37.3 Å². The lowest BCUT2D eigenvalue weighted by molar-refractivity contribution is -0.115. The van der Waals surface area contributed by atoms with E-state index in [1.807, 2.05) is 13.8 Å². The average Bonchev–Trinajstić information content (AvgIpc) is 1.96. The van der Waals surface area contributed by atoms with Crippen molar-refractivity contribution in [2.24, 2.45) is 0 Å². The molecule has 1 aliphatic carbocycles. The van der Waals surface area contributed by atoms with E-state index in [0.29, 0.717) is 12.0 Å². The van der Waals surface area contributed by atoms with Gasteiger partial charge in [-0.3, -0.25) is 4.79 Å². The lowest BCUT2D eigenvalue weighted by Crippen LogP contribution is -2.20. The molecule has 0 bridgehead atoms. The Bertz CT molecular complexity index is 268. The zero-order valence-corrected chi connectivity index (χ0v) is 7.72. The van der Waals surface area contributed by atoms with Crippen LogP contribution in [0.5, 0.6) is 0 Å². The fraction of sp³-hybridized carbons (Fsp3) is 0.500. The van der Waals surface area contributed by atoms with Gasteiger partial charge >= 0.3 is 0 Å². The van der Waals surface area contributed by atoms with E-state index in [2.05, 4.69) is 0 Å². The highest BCUT2D eigenvalue weighted by molar-refractivity contribution is 5.98. The Hall–Kier alpha value is -0.890. The highest BCUT2D eigenvalue weighted by Gasteiger charge is 2.21. The maximum Gasteiger partial charge on any atom is 0.162 e. The summed E-state index contributed by atoms with van der Waals surface area (Å²) in [5, 5.41) is 9.54. The van der Waals surface area contributed by atoms with Gasteiger partial charge in [0.05, 0.1) is 6.10 Å². The van der Waals surface area contributed by atoms with Crippen LogP contribution in [-0.4, -0.2) is 17.0 Å². The Kier molecular flexibility index (Phi) is 2.48. The molecule has 1 aliphatic rings. The Balaban J connectivity index is 3.02. The van der Waals surface area contributed by atoms with E-state index in [1.54, 1.807) is 13.0 Å². The van der Waals surface area contributed by atoms with Crippen molar-refractivity contribution < 1.29 is 9.90 Å². The van der Waals surface area contributed by atoms with Crippen molar-refractivity contribution >= 4 is 5.78 Å². The van der Waals surface area contributed by atoms with Gasteiger partial charge in [-0.05, 0) is 38.0 Å². The van der Waals surface area contributed by atoms with E-state index in [9.17, 15) is 9.90 Å². The Morgan fingerprint density at radius 1 is 1.58 bits per heavy atom. The first-order chi connectivity index (χ1) is 5.52. The first-order valence-corrected chi connectivity index (χ1v) is 4.08. The minimum atomic E-state index is -0.548. The molecule has 0 saturated heterocycles. The highest BCUT2D eigenvalue weighted by Crippen LogP contribution is 2.22. The number of carbonyl (C=O) groups excluding carboxylic acids is 1. The van der Waals surface area contributed by atoms with Crippen LogP contribution < -0.4 is 0 Å². The molecule has 0 radical (unpaired) electrons. The molecule has 66 valence electrons. The monoisotopic (exact) mass is 166 g/mol. The average molecular weight is 166 g/mol. The number of hydrogen-bond donors (Lipinski definition) is 1. The maximum atomic E-state index is 11.2. The fourth-order valence-electron chi connectivity index (χ4n) is 1.32. The molecule has 0 aromatic rings. The second-order valence-corrected chi connectivity index (χ2v) is 3.42. The van der Waals surface area contributed by atoms with Crippen molar-refractivity contribution in [1.29, 1.82) is 0 Å². The number of hydrogen-bond acceptors (Lipinski definition) is 2. The predicted octanol–water partition coefficient (Wildman–Crippen LogP) is 1.60. The molecule has 0 unspecified atom stereocenters. The van der Waals surface area contributed by atoms with E-state index < -0.39 is 6.10 Å². The van der Waals surface area contributed by atoms with E-state index in [0.717, 1.165) is 11.1 Å². The van der Waals surface area contributed by atoms with Gasteiger partial charge in [0.15, 0.2) is 5.78 Å². The summed E-state index contributed by atoms with van der Waals surface area (Å²) in [5.74, 6) is 0.122. The largest absolute Gasteiger partial charge is 0.385 e. The Morgan fingerprint density at radius 2 is 2.17 bits per heavy atom. The van der Waals surface area contributed by atoms with Gasteiger partial charge in [-0.2, -0.15) is 0 Å². The number of ketones is 1. The first kappa shape index (κ1) is 9.20. The molecule has 1 N–H and O–H groups in total. The number of Topliss-reactive ketones (excluding diaryl/α,β-unsaturated/α-hetero) is 1. The Morgan fingerprint density at radius 3 is 2.67 bits per heavy atom. The Labute approximate surface area is 72.6 Å². The van der Waals surface area contributed by atoms with E-state index >= 15 is 0 Å². The molecule has 12 heavy (non-hydrogen) atoms. The van der Waals surface area contributed by atoms with Gasteiger partial charge in [0.25, 0.3) is 0 Å². The quantitative estimate of drug-likeness (QED) is 0.555. The van der Waals surface area contributed by atoms with Crippen molar-refractivity contribution in [3.63, 3.8) is 0 Å². The summed E-state index contributed by atoms with van der Waals surface area (Å²) in [6.45, 7) is 5.58. The highest BCUT2D eigenvalue weighted by atomic mass is 16.3. The second-order valence-electron chi connectivity index (χ2n) is 3.42. The van der Waals surface area contributed by atoms with Crippen molar-refractivity contribution in [2.75, 3.05) is 0 Å². The number of aliphatic hydroxyl groups excluding tert-OH is 1. The van der Waals surface area contributed by atoms with Crippen LogP contribution in [0, 0.1) is 0 Å². The lowest BCUT2D eigenvalue weighted by Gasteiger charge is -2.19. The van der Waals surface area contributed by atoms with Crippen LogP contribution in [0.4, 0.5) is 0 Å². The van der Waals surface area contributed by atoms with E-state index in [1.165, 1.54) is 0 Å². The smallest absolute Gasteiger partial charge is 0.162 e. The number of aliphatic hydroxyl groups is 1. The van der Waals surface area contributed by atoms with Gasteiger partial charge in [0, 0.05) is 6.42 Å². The summed E-state index contributed by atoms with van der Waals surface area (Å²) >= 11 is 0. The predicted molar refractivity (Wildman–Crippen MR) is 47.8 cm³/mol. The lowest BCUT2D eigenvalue weighted by atomic mass is 9.89. The molecule has 0 aliphatic heterocycles. The standard InChI is InChI=1S/C10H14O2/c1-6(2)8-5-9(11)7(3)4-10(8)12/h4,10,12H,5H2,1-3H3/t10-/m0/s1. The third kappa shape index (κ3) is 1.64. The van der Waals surface area contributed by atoms with Crippen LogP contribution in [-0.2, 0) is 4.79 Å². The molecule has 0 aromatic carbocycles. The van der Waals surface area contributed by atoms with Gasteiger partial charge in [0.1, 0.15) is 0 Å². The third-order valence-corrected chi connectivity index (χ3v) is 2.20. The second kappa shape index (κ2) is 3.23. The molecular weight excluding hydrogens is 152 g/mol. The van der Waals surface area contributed by atoms with Crippen LogP contribution in [0.15, 0.2) is 22.8 Å². The summed E-state index contributed by atoms with van der Waals surface area (Å²) in [6, 6.07) is 0. The van der Waals surface area contributed by atoms with Crippen molar-refractivity contribution in [3.05, 3.63) is 22.8 Å². The summed E-state index contributed by atoms with van der Waals surface area (Å²) in [7, 11) is 0. The number of allylic oxidation sites excluding steroid dienone is 2. The minimum absolute atomic E-state index is 0.122. The summed E-state index contributed by atoms with van der Waals surface area (Å²) in [5.41, 5.74) is 2.57. The molecule has 0 spiro atoms. The molecule has 2 nitrogen and oxygen atoms in total. The summed E-state index contributed by atoms with van der Waals surface area (Å²) < 4.78 is 0. The van der Waals surface area contributed by atoms with Gasteiger partial charge in [-0.1, -0.05) is 5.57 Å². The third-order valence-electron chi connectivity index (χ3n) is 2.20. The fourth-order valence-corrected chi connectivity index (χ4v) is 1.32. The molecule has 0 saturated carbocycles. The molecule has 1 rings (SSSR count). The number of carbonyl (C=O) groups is 1. The molecule has 1 atom stereocenters. The van der Waals surface area contributed by atoms with Gasteiger partial charge < -0.3 is 5.11 Å². The van der Waals surface area contributed by atoms with Gasteiger partial charge in [0.2, 0.25) is 0 Å². The zero-order valence-electron chi connectivity index (χ0n) is 7.72. The maximum absolute atomic E-state index is 11.2. The first-order valence-electron chi connectivity index (χ1n) is 4.08. The summed E-state index contributed by atoms with van der Waals surface area (Å²) in [6.07, 6.45) is 1.45. The molecule has 2 heteroatoms. The van der Waals surface area contributed by atoms with Crippen LogP contribution in [0.25, 0.3) is 0 Å². The summed E-state index contributed by atoms with van der Waals surface area (Å²) in [4.78, 5) is 11.2. The molecule has 0 aromatic heterocycles. The van der Waals surface area contributed by atoms with Gasteiger partial charge in [-0.15, -0.1) is 0 Å². The SMILES string of the molecule is CC1=C[C@H](O)C(=C(C)C)CC1=O. The minimum Gasteiger partial charge on any atom is -0.385 e. The van der Waals surface area contributed by atoms with Crippen LogP contribution in [0.2, 0.25) is 0 Å². The van der Waals surface area contributed by atoms with Crippen molar-refractivity contribution in [1.82, 2.24) is 0 Å². The molecule has 0 amide bonds. The van der Waals surface area contributed by atoms with E-state index in [4.69, 9.17) is 0 Å². The normalized spacial score (nSPS) is 24.0. The van der Waals surface area contributed by atoms with Gasteiger partial charge in [-0.25, -0.2) is 0 Å². The van der Waals surface area contributed by atoms with Crippen LogP contribution in [0.1, 0.15) is 27.2 Å². The number of rotatable bonds is 0. The van der Waals surface area contributed by atoms with Crippen LogP contribution in [0.3, 0.4) is 0 Å².